The van der Waals surface area contributed by atoms with Crippen molar-refractivity contribution in [3.8, 4) is 0 Å². The molecule has 0 atom stereocenters. The zero-order chi connectivity index (χ0) is 10.4. The Morgan fingerprint density at radius 2 is 1.92 bits per heavy atom. The summed E-state index contributed by atoms with van der Waals surface area (Å²) in [6.07, 6.45) is 0.976. The van der Waals surface area contributed by atoms with E-state index >= 15 is 0 Å². The third-order valence-electron chi connectivity index (χ3n) is 1.17. The van der Waals surface area contributed by atoms with Gasteiger partial charge in [-0.1, -0.05) is 0 Å². The van der Waals surface area contributed by atoms with Crippen molar-refractivity contribution in [1.82, 2.24) is 0 Å². The molecule has 1 N–H and O–H groups in total. The van der Waals surface area contributed by atoms with Gasteiger partial charge in [0.15, 0.2) is 0 Å². The maximum Gasteiger partial charge on any atom is 0.342 e. The molecule has 0 aromatic carbocycles. The van der Waals surface area contributed by atoms with Gasteiger partial charge in [0.1, 0.15) is 11.3 Å². The number of esters is 1. The fourth-order valence-electron chi connectivity index (χ4n) is 0.559. The second kappa shape index (κ2) is 5.08. The smallest absolute Gasteiger partial charge is 0.342 e. The first-order valence-electron chi connectivity index (χ1n) is 3.51. The maximum absolute atomic E-state index is 10.9. The second-order valence-corrected chi connectivity index (χ2v) is 2.27. The van der Waals surface area contributed by atoms with Crippen molar-refractivity contribution in [2.45, 2.75) is 13.8 Å². The third-order valence-corrected chi connectivity index (χ3v) is 1.17. The number of aliphatic hydroxyl groups excluding tert-OH is 1. The van der Waals surface area contributed by atoms with Crippen molar-refractivity contribution in [2.24, 2.45) is 4.99 Å². The van der Waals surface area contributed by atoms with Crippen molar-refractivity contribution in [3.63, 3.8) is 0 Å². The van der Waals surface area contributed by atoms with Gasteiger partial charge in [0, 0.05) is 13.1 Å². The number of amides is 1. The number of carbonyl (C=O) groups excluding carboxylic acids is 2. The molecule has 0 aromatic heterocycles. The molecular weight excluding hydrogens is 174 g/mol. The lowest BCUT2D eigenvalue weighted by molar-refractivity contribution is -0.135. The van der Waals surface area contributed by atoms with Gasteiger partial charge in [-0.15, -0.1) is 0 Å². The molecule has 0 unspecified atom stereocenters. The van der Waals surface area contributed by atoms with E-state index in [4.69, 9.17) is 5.11 Å². The predicted octanol–water partition coefficient (Wildman–Crippen LogP) is 0.609. The van der Waals surface area contributed by atoms with Gasteiger partial charge in [0.2, 0.25) is 5.91 Å². The SMILES string of the molecule is COC(=O)/C(C=NC(C)=O)=C(/C)O. The van der Waals surface area contributed by atoms with Gasteiger partial charge in [-0.2, -0.15) is 0 Å². The molecule has 0 aliphatic rings. The molecule has 0 saturated heterocycles. The predicted molar refractivity (Wildman–Crippen MR) is 46.5 cm³/mol. The number of carbonyl (C=O) groups is 2. The number of methoxy groups -OCH3 is 1. The van der Waals surface area contributed by atoms with Crippen LogP contribution >= 0.6 is 0 Å². The lowest BCUT2D eigenvalue weighted by Crippen LogP contribution is -2.08. The van der Waals surface area contributed by atoms with Crippen LogP contribution in [0.4, 0.5) is 0 Å². The van der Waals surface area contributed by atoms with E-state index in [1.165, 1.54) is 21.0 Å². The summed E-state index contributed by atoms with van der Waals surface area (Å²) in [5, 5.41) is 9.00. The van der Waals surface area contributed by atoms with Crippen molar-refractivity contribution in [3.05, 3.63) is 11.3 Å². The topological polar surface area (TPSA) is 76.0 Å². The average molecular weight is 185 g/mol. The van der Waals surface area contributed by atoms with E-state index in [0.29, 0.717) is 0 Å². The Bertz CT molecular complexity index is 274. The summed E-state index contributed by atoms with van der Waals surface area (Å²) in [4.78, 5) is 24.7. The first-order chi connectivity index (χ1) is 5.99. The molecule has 0 fully saturated rings. The van der Waals surface area contributed by atoms with Crippen LogP contribution in [0.2, 0.25) is 0 Å². The van der Waals surface area contributed by atoms with Gasteiger partial charge in [0.05, 0.1) is 7.11 Å². The normalized spacial score (nSPS) is 12.5. The number of hydrogen-bond acceptors (Lipinski definition) is 4. The Hall–Kier alpha value is -1.65. The molecule has 0 bridgehead atoms. The summed E-state index contributed by atoms with van der Waals surface area (Å²) in [6.45, 7) is 2.54. The minimum atomic E-state index is -0.731. The van der Waals surface area contributed by atoms with Gasteiger partial charge in [-0.05, 0) is 6.92 Å². The molecule has 5 heteroatoms. The van der Waals surface area contributed by atoms with Crippen LogP contribution < -0.4 is 0 Å². The highest BCUT2D eigenvalue weighted by Crippen LogP contribution is 2.00. The Morgan fingerprint density at radius 1 is 1.38 bits per heavy atom. The van der Waals surface area contributed by atoms with Crippen LogP contribution in [-0.4, -0.2) is 30.3 Å². The van der Waals surface area contributed by atoms with Crippen LogP contribution in [0.3, 0.4) is 0 Å². The molecule has 1 amide bonds. The van der Waals surface area contributed by atoms with E-state index in [-0.39, 0.29) is 11.3 Å². The van der Waals surface area contributed by atoms with Gasteiger partial charge in [0.25, 0.3) is 0 Å². The van der Waals surface area contributed by atoms with Crippen molar-refractivity contribution >= 4 is 18.1 Å². The first kappa shape index (κ1) is 11.4. The second-order valence-electron chi connectivity index (χ2n) is 2.27. The maximum atomic E-state index is 10.9. The van der Waals surface area contributed by atoms with Crippen molar-refractivity contribution in [2.75, 3.05) is 7.11 Å². The fraction of sp³-hybridized carbons (Fsp3) is 0.375. The number of aliphatic imine (C=N–C) groups is 1. The summed E-state index contributed by atoms with van der Waals surface area (Å²) in [5.41, 5.74) is -0.127. The standard InChI is InChI=1S/C8H11NO4/c1-5(10)7(8(12)13-3)4-9-6(2)11/h4,10H,1-3H3/b7-5-,9-4?. The molecule has 0 saturated carbocycles. The zero-order valence-electron chi connectivity index (χ0n) is 7.70. The number of nitrogens with zero attached hydrogens (tertiary/aromatic N) is 1. The van der Waals surface area contributed by atoms with Crippen LogP contribution in [0.1, 0.15) is 13.8 Å². The number of ether oxygens (including phenoxy) is 1. The molecule has 13 heavy (non-hydrogen) atoms. The first-order valence-corrected chi connectivity index (χ1v) is 3.51. The summed E-state index contributed by atoms with van der Waals surface area (Å²) >= 11 is 0. The third kappa shape index (κ3) is 4.05. The summed E-state index contributed by atoms with van der Waals surface area (Å²) < 4.78 is 4.35. The molecular formula is C8H11NO4. The number of allylic oxidation sites excluding steroid dienone is 1. The largest absolute Gasteiger partial charge is 0.512 e. The fourth-order valence-corrected chi connectivity index (χ4v) is 0.559. The summed E-state index contributed by atoms with van der Waals surface area (Å²) in [6, 6.07) is 0. The van der Waals surface area contributed by atoms with E-state index in [9.17, 15) is 9.59 Å². The molecule has 0 aromatic rings. The number of hydrogen-bond donors (Lipinski definition) is 1. The van der Waals surface area contributed by atoms with Crippen molar-refractivity contribution < 1.29 is 19.4 Å². The highest BCUT2D eigenvalue weighted by molar-refractivity contribution is 6.11. The summed E-state index contributed by atoms with van der Waals surface area (Å²) in [5.74, 6) is -1.43. The molecule has 0 radical (unpaired) electrons. The molecule has 0 rings (SSSR count). The lowest BCUT2D eigenvalue weighted by atomic mass is 10.2. The van der Waals surface area contributed by atoms with E-state index < -0.39 is 11.9 Å². The molecule has 0 heterocycles. The molecule has 72 valence electrons. The molecule has 0 aliphatic heterocycles. The molecule has 5 nitrogen and oxygen atoms in total. The Labute approximate surface area is 75.7 Å². The molecule has 0 spiro atoms. The van der Waals surface area contributed by atoms with Crippen LogP contribution in [0.25, 0.3) is 0 Å². The van der Waals surface area contributed by atoms with Crippen LogP contribution in [-0.2, 0) is 14.3 Å². The van der Waals surface area contributed by atoms with Gasteiger partial charge in [-0.25, -0.2) is 9.79 Å². The minimum Gasteiger partial charge on any atom is -0.512 e. The highest BCUT2D eigenvalue weighted by atomic mass is 16.5. The van der Waals surface area contributed by atoms with Gasteiger partial charge < -0.3 is 9.84 Å². The van der Waals surface area contributed by atoms with E-state index in [1.54, 1.807) is 0 Å². The minimum absolute atomic E-state index is 0.127. The van der Waals surface area contributed by atoms with E-state index in [2.05, 4.69) is 9.73 Å². The quantitative estimate of drug-likeness (QED) is 0.296. The number of aliphatic hydroxyl groups is 1. The molecule has 0 aliphatic carbocycles. The van der Waals surface area contributed by atoms with E-state index in [1.807, 2.05) is 0 Å². The number of rotatable bonds is 2. The lowest BCUT2D eigenvalue weighted by Gasteiger charge is -1.99. The monoisotopic (exact) mass is 185 g/mol. The van der Waals surface area contributed by atoms with Crippen molar-refractivity contribution in [1.29, 1.82) is 0 Å². The van der Waals surface area contributed by atoms with Gasteiger partial charge >= 0.3 is 5.97 Å². The van der Waals surface area contributed by atoms with Crippen LogP contribution in [0.15, 0.2) is 16.3 Å². The van der Waals surface area contributed by atoms with Crippen LogP contribution in [0.5, 0.6) is 0 Å². The highest BCUT2D eigenvalue weighted by Gasteiger charge is 2.10. The average Bonchev–Trinajstić information content (AvgIpc) is 2.03. The Balaban J connectivity index is 4.77. The Morgan fingerprint density at radius 3 is 2.23 bits per heavy atom. The van der Waals surface area contributed by atoms with E-state index in [0.717, 1.165) is 6.21 Å². The summed E-state index contributed by atoms with van der Waals surface area (Å²) in [7, 11) is 1.17. The van der Waals surface area contributed by atoms with Crippen LogP contribution in [0, 0.1) is 0 Å². The Kier molecular flexibility index (Phi) is 4.43. The zero-order valence-corrected chi connectivity index (χ0v) is 7.70. The van der Waals surface area contributed by atoms with Gasteiger partial charge in [-0.3, -0.25) is 4.79 Å².